The Hall–Kier alpha value is -2.72. The maximum atomic E-state index is 12.6. The van der Waals surface area contributed by atoms with Crippen LogP contribution in [0.3, 0.4) is 0 Å². The summed E-state index contributed by atoms with van der Waals surface area (Å²) >= 11 is 2.28. The lowest BCUT2D eigenvalue weighted by molar-refractivity contribution is -0.196. The molecule has 2 amide bonds. The number of hydrogen-bond donors (Lipinski definition) is 1. The number of halogens is 1. The Bertz CT molecular complexity index is 1360. The quantitative estimate of drug-likeness (QED) is 0.171. The predicted octanol–water partition coefficient (Wildman–Crippen LogP) is 2.55. The van der Waals surface area contributed by atoms with Gasteiger partial charge in [-0.2, -0.15) is 0 Å². The average molecular weight is 633 g/mol. The summed E-state index contributed by atoms with van der Waals surface area (Å²) in [4.78, 5) is 39.3. The average Bonchev–Trinajstić information content (AvgIpc) is 3.60. The third-order valence-corrected chi connectivity index (χ3v) is 7.95. The molecule has 0 radical (unpaired) electrons. The highest BCUT2D eigenvalue weighted by Gasteiger charge is 2.56. The number of anilines is 1. The molecule has 2 fully saturated rings. The summed E-state index contributed by atoms with van der Waals surface area (Å²) < 4.78 is 22.9. The van der Waals surface area contributed by atoms with Crippen LogP contribution in [0.25, 0.3) is 11.2 Å². The molecule has 200 valence electrons. The third kappa shape index (κ3) is 4.45. The second kappa shape index (κ2) is 9.79. The maximum absolute atomic E-state index is 12.6. The molecule has 3 aliphatic heterocycles. The van der Waals surface area contributed by atoms with Gasteiger partial charge in [-0.3, -0.25) is 19.1 Å². The maximum Gasteiger partial charge on any atom is 0.261 e. The van der Waals surface area contributed by atoms with Crippen LogP contribution in [0.1, 0.15) is 53.6 Å². The van der Waals surface area contributed by atoms with Crippen LogP contribution in [0, 0.1) is 0 Å². The number of nitrogens with zero attached hydrogens (tertiary/aromatic N) is 6. The van der Waals surface area contributed by atoms with Gasteiger partial charge >= 0.3 is 0 Å². The van der Waals surface area contributed by atoms with Gasteiger partial charge in [0.05, 0.1) is 17.5 Å². The fourth-order valence-electron chi connectivity index (χ4n) is 5.37. The first-order valence-electron chi connectivity index (χ1n) is 12.5. The van der Waals surface area contributed by atoms with Crippen LogP contribution in [-0.2, 0) is 14.2 Å². The molecule has 5 heterocycles. The van der Waals surface area contributed by atoms with Crippen molar-refractivity contribution in [2.75, 3.05) is 25.4 Å². The Kier molecular flexibility index (Phi) is 6.58. The molecule has 0 unspecified atom stereocenters. The van der Waals surface area contributed by atoms with Crippen molar-refractivity contribution in [3.63, 3.8) is 0 Å². The Morgan fingerprint density at radius 1 is 1.05 bits per heavy atom. The van der Waals surface area contributed by atoms with E-state index in [1.165, 1.54) is 11.2 Å². The van der Waals surface area contributed by atoms with Crippen LogP contribution in [0.5, 0.6) is 0 Å². The van der Waals surface area contributed by atoms with Crippen LogP contribution in [0.15, 0.2) is 36.9 Å². The van der Waals surface area contributed by atoms with Gasteiger partial charge < -0.3 is 19.9 Å². The number of rotatable bonds is 8. The van der Waals surface area contributed by atoms with Crippen molar-refractivity contribution in [2.45, 2.75) is 57.0 Å². The van der Waals surface area contributed by atoms with Crippen molar-refractivity contribution in [2.24, 2.45) is 0 Å². The molecule has 6 rings (SSSR count). The second-order valence-electron chi connectivity index (χ2n) is 10.1. The van der Waals surface area contributed by atoms with E-state index >= 15 is 0 Å². The molecule has 1 aromatic carbocycles. The number of imidazole rings is 1. The van der Waals surface area contributed by atoms with Gasteiger partial charge in [0.25, 0.3) is 11.8 Å². The van der Waals surface area contributed by atoms with Crippen molar-refractivity contribution in [1.29, 1.82) is 0 Å². The molecule has 0 bridgehead atoms. The molecule has 3 aliphatic rings. The lowest BCUT2D eigenvalue weighted by Crippen LogP contribution is -2.37. The number of carbonyl (C=O) groups is 2. The van der Waals surface area contributed by atoms with E-state index in [0.29, 0.717) is 47.6 Å². The van der Waals surface area contributed by atoms with Gasteiger partial charge in [0, 0.05) is 42.5 Å². The Labute approximate surface area is 232 Å². The summed E-state index contributed by atoms with van der Waals surface area (Å²) in [7, 11) is 0. The summed E-state index contributed by atoms with van der Waals surface area (Å²) in [5.41, 5.74) is 8.04. The number of ether oxygens (including phenoxy) is 3. The third-order valence-electron chi connectivity index (χ3n) is 7.08. The molecule has 2 aromatic heterocycles. The van der Waals surface area contributed by atoms with Gasteiger partial charge in [-0.1, -0.05) is 12.1 Å². The molecule has 2 N–H and O–H groups in total. The molecule has 3 aromatic rings. The van der Waals surface area contributed by atoms with Crippen molar-refractivity contribution in [3.8, 4) is 0 Å². The van der Waals surface area contributed by atoms with Gasteiger partial charge in [0.1, 0.15) is 30.2 Å². The van der Waals surface area contributed by atoms with Gasteiger partial charge in [-0.15, -0.1) is 0 Å². The second-order valence-corrected chi connectivity index (χ2v) is 11.5. The van der Waals surface area contributed by atoms with Crippen LogP contribution in [0.2, 0.25) is 0 Å². The minimum atomic E-state index is -0.748. The summed E-state index contributed by atoms with van der Waals surface area (Å²) in [6, 6.07) is 6.96. The zero-order valence-corrected chi connectivity index (χ0v) is 23.1. The van der Waals surface area contributed by atoms with E-state index in [4.69, 9.17) is 19.9 Å². The minimum Gasteiger partial charge on any atom is -0.382 e. The number of amides is 2. The lowest BCUT2D eigenvalue weighted by Gasteiger charge is -2.26. The molecule has 13 heteroatoms. The molecule has 12 nitrogen and oxygen atoms in total. The molecule has 0 spiro atoms. The molecule has 4 atom stereocenters. The van der Waals surface area contributed by atoms with Gasteiger partial charge in [0.2, 0.25) is 0 Å². The minimum absolute atomic E-state index is 0.214. The number of nitrogens with two attached hydrogens (primary N) is 1. The first kappa shape index (κ1) is 25.6. The van der Waals surface area contributed by atoms with Crippen LogP contribution >= 0.6 is 22.9 Å². The number of aromatic nitrogens is 4. The van der Waals surface area contributed by atoms with Gasteiger partial charge in [-0.05, 0) is 38.8 Å². The zero-order chi connectivity index (χ0) is 26.6. The molecule has 2 saturated heterocycles. The Morgan fingerprint density at radius 2 is 1.76 bits per heavy atom. The summed E-state index contributed by atoms with van der Waals surface area (Å²) in [6.45, 7) is 5.55. The number of nitrogen functional groups attached to an aromatic ring is 1. The first-order chi connectivity index (χ1) is 18.2. The van der Waals surface area contributed by atoms with Gasteiger partial charge in [-0.25, -0.2) is 18.1 Å². The van der Waals surface area contributed by atoms with Crippen molar-refractivity contribution in [3.05, 3.63) is 48.0 Å². The highest BCUT2D eigenvalue weighted by molar-refractivity contribution is 14.1. The predicted molar refractivity (Wildman–Crippen MR) is 144 cm³/mol. The lowest BCUT2D eigenvalue weighted by atomic mass is 10.1. The van der Waals surface area contributed by atoms with Gasteiger partial charge in [0.15, 0.2) is 23.5 Å². The van der Waals surface area contributed by atoms with E-state index in [1.807, 2.05) is 18.4 Å². The number of carbonyl (C=O) groups excluding carboxylic acids is 2. The molecule has 0 saturated carbocycles. The van der Waals surface area contributed by atoms with E-state index in [2.05, 4.69) is 40.9 Å². The number of unbranched alkanes of at least 4 members (excludes halogenated alkanes) is 1. The normalized spacial score (nSPS) is 26.1. The van der Waals surface area contributed by atoms with Crippen LogP contribution < -0.4 is 5.73 Å². The topological polar surface area (TPSA) is 138 Å². The standard InChI is InChI=1S/C25H28IN7O5/c1-25(2)37-18-16(36-24(19(18)38-25)33-13-30-17-20(27)28-12-29-21(17)33)11-31(26)9-5-6-10-32-22(34)14-7-3-4-8-15(14)23(32)35/h3-4,7-8,12-13,16,18-19,24H,5-6,9-11H2,1-2H3,(H2,27,28,29)/t16-,18-,19-,24-/m1/s1. The fourth-order valence-corrected chi connectivity index (χ4v) is 6.10. The summed E-state index contributed by atoms with van der Waals surface area (Å²) in [5, 5.41) is 0. The molecule has 38 heavy (non-hydrogen) atoms. The van der Waals surface area contributed by atoms with E-state index in [0.717, 1.165) is 13.0 Å². The van der Waals surface area contributed by atoms with Crippen molar-refractivity contribution < 1.29 is 23.8 Å². The smallest absolute Gasteiger partial charge is 0.261 e. The largest absolute Gasteiger partial charge is 0.382 e. The number of benzene rings is 1. The molecule has 0 aliphatic carbocycles. The summed E-state index contributed by atoms with van der Waals surface area (Å²) in [6.07, 6.45) is 3.22. The Balaban J connectivity index is 1.07. The number of fused-ring (bicyclic) bond motifs is 3. The Morgan fingerprint density at radius 3 is 2.50 bits per heavy atom. The highest BCUT2D eigenvalue weighted by atomic mass is 127. The van der Waals surface area contributed by atoms with E-state index in [-0.39, 0.29) is 30.1 Å². The van der Waals surface area contributed by atoms with Crippen LogP contribution in [-0.4, -0.2) is 83.1 Å². The van der Waals surface area contributed by atoms with E-state index in [9.17, 15) is 9.59 Å². The molecular weight excluding hydrogens is 605 g/mol. The van der Waals surface area contributed by atoms with Crippen LogP contribution in [0.4, 0.5) is 5.82 Å². The first-order valence-corrected chi connectivity index (χ1v) is 13.5. The zero-order valence-electron chi connectivity index (χ0n) is 21.0. The number of hydrogen-bond acceptors (Lipinski definition) is 10. The summed E-state index contributed by atoms with van der Waals surface area (Å²) in [5.74, 6) is -0.868. The van der Waals surface area contributed by atoms with Crippen molar-refractivity contribution in [1.82, 2.24) is 27.5 Å². The van der Waals surface area contributed by atoms with Crippen molar-refractivity contribution >= 4 is 51.7 Å². The van der Waals surface area contributed by atoms with E-state index in [1.54, 1.807) is 30.6 Å². The fraction of sp³-hybridized carbons (Fsp3) is 0.480. The SMILES string of the molecule is CC1(C)O[C@@H]2[C@H](O1)[C@@H](CN(I)CCCCN1C(=O)c3ccccc3C1=O)O[C@H]2n1cnc2c(N)ncnc21. The molecular formula is C25H28IN7O5. The highest BCUT2D eigenvalue weighted by Crippen LogP contribution is 2.44. The monoisotopic (exact) mass is 633 g/mol. The van der Waals surface area contributed by atoms with E-state index < -0.39 is 12.0 Å². The number of imide groups is 1.